The van der Waals surface area contributed by atoms with Gasteiger partial charge in [0.05, 0.1) is 16.6 Å². The first-order valence-electron chi connectivity index (χ1n) is 8.28. The molecular formula is C17H22ClN3O4. The van der Waals surface area contributed by atoms with Crippen molar-refractivity contribution in [3.8, 4) is 0 Å². The topological polar surface area (TPSA) is 108 Å². The summed E-state index contributed by atoms with van der Waals surface area (Å²) in [6.07, 6.45) is 2.72. The summed E-state index contributed by atoms with van der Waals surface area (Å²) in [4.78, 5) is 34.6. The van der Waals surface area contributed by atoms with Crippen LogP contribution in [0.1, 0.15) is 39.0 Å². The second kappa shape index (κ2) is 8.71. The average molecular weight is 368 g/mol. The maximum Gasteiger partial charge on any atom is 0.319 e. The summed E-state index contributed by atoms with van der Waals surface area (Å²) in [7, 11) is 0. The number of nitrogens with one attached hydrogen (secondary N) is 3. The van der Waals surface area contributed by atoms with Gasteiger partial charge in [-0.1, -0.05) is 18.5 Å². The molecule has 1 aliphatic rings. The summed E-state index contributed by atoms with van der Waals surface area (Å²) in [5.74, 6) is -1.23. The highest BCUT2D eigenvalue weighted by molar-refractivity contribution is 6.33. The summed E-state index contributed by atoms with van der Waals surface area (Å²) in [6.45, 7) is 1.75. The van der Waals surface area contributed by atoms with Crippen LogP contribution < -0.4 is 16.0 Å². The lowest BCUT2D eigenvalue weighted by molar-refractivity contribution is -0.142. The van der Waals surface area contributed by atoms with Crippen molar-refractivity contribution in [1.82, 2.24) is 5.32 Å². The Balaban J connectivity index is 1.91. The highest BCUT2D eigenvalue weighted by atomic mass is 35.5. The number of hydrogen-bond donors (Lipinski definition) is 4. The number of carboxylic acids is 1. The van der Waals surface area contributed by atoms with Gasteiger partial charge in [-0.15, -0.1) is 0 Å². The van der Waals surface area contributed by atoms with E-state index in [1.165, 1.54) is 0 Å². The number of amides is 3. The molecule has 0 spiro atoms. The minimum absolute atomic E-state index is 0.0580. The van der Waals surface area contributed by atoms with Crippen LogP contribution >= 0.6 is 11.6 Å². The van der Waals surface area contributed by atoms with Crippen molar-refractivity contribution in [3.05, 3.63) is 23.2 Å². The smallest absolute Gasteiger partial charge is 0.319 e. The molecule has 0 bridgehead atoms. The van der Waals surface area contributed by atoms with Crippen LogP contribution in [0.5, 0.6) is 0 Å². The van der Waals surface area contributed by atoms with Crippen LogP contribution in [0.2, 0.25) is 5.02 Å². The average Bonchev–Trinajstić information content (AvgIpc) is 2.58. The van der Waals surface area contributed by atoms with Crippen LogP contribution in [0.15, 0.2) is 18.2 Å². The molecule has 2 rings (SSSR count). The van der Waals surface area contributed by atoms with Gasteiger partial charge in [0.1, 0.15) is 0 Å². The number of hydrogen-bond acceptors (Lipinski definition) is 3. The number of rotatable bonds is 5. The molecule has 1 saturated carbocycles. The molecule has 0 atom stereocenters. The van der Waals surface area contributed by atoms with Crippen molar-refractivity contribution in [2.45, 2.75) is 45.1 Å². The summed E-state index contributed by atoms with van der Waals surface area (Å²) < 4.78 is 0. The fourth-order valence-electron chi connectivity index (χ4n) is 2.78. The molecule has 1 fully saturated rings. The maximum absolute atomic E-state index is 12.2. The molecule has 1 aromatic carbocycles. The van der Waals surface area contributed by atoms with Gasteiger partial charge in [-0.2, -0.15) is 0 Å². The molecule has 4 N–H and O–H groups in total. The number of carbonyl (C=O) groups is 3. The van der Waals surface area contributed by atoms with Crippen molar-refractivity contribution in [3.63, 3.8) is 0 Å². The van der Waals surface area contributed by atoms with Crippen LogP contribution in [0.25, 0.3) is 0 Å². The summed E-state index contributed by atoms with van der Waals surface area (Å²) >= 11 is 6.09. The molecule has 25 heavy (non-hydrogen) atoms. The number of carbonyl (C=O) groups excluding carboxylic acids is 2. The van der Waals surface area contributed by atoms with E-state index in [4.69, 9.17) is 16.7 Å². The number of anilines is 2. The van der Waals surface area contributed by atoms with E-state index in [0.717, 1.165) is 0 Å². The predicted octanol–water partition coefficient (Wildman–Crippen LogP) is 3.45. The number of urea groups is 1. The van der Waals surface area contributed by atoms with E-state index in [2.05, 4.69) is 16.0 Å². The number of benzene rings is 1. The van der Waals surface area contributed by atoms with E-state index < -0.39 is 12.0 Å². The Morgan fingerprint density at radius 3 is 2.44 bits per heavy atom. The van der Waals surface area contributed by atoms with Crippen LogP contribution in [0.4, 0.5) is 16.2 Å². The molecule has 0 unspecified atom stereocenters. The highest BCUT2D eigenvalue weighted by Crippen LogP contribution is 2.27. The molecule has 1 aromatic rings. The first-order chi connectivity index (χ1) is 11.9. The van der Waals surface area contributed by atoms with Crippen molar-refractivity contribution >= 4 is 40.9 Å². The first-order valence-corrected chi connectivity index (χ1v) is 8.66. The van der Waals surface area contributed by atoms with Crippen LogP contribution in [0, 0.1) is 5.92 Å². The lowest BCUT2D eigenvalue weighted by Crippen LogP contribution is -2.41. The van der Waals surface area contributed by atoms with Gasteiger partial charge in [0.15, 0.2) is 0 Å². The Hall–Kier alpha value is -2.28. The van der Waals surface area contributed by atoms with Crippen LogP contribution in [-0.4, -0.2) is 29.1 Å². The number of halogens is 1. The Kier molecular flexibility index (Phi) is 6.64. The third kappa shape index (κ3) is 5.63. The number of aliphatic carboxylic acids is 1. The van der Waals surface area contributed by atoms with Crippen molar-refractivity contribution < 1.29 is 19.5 Å². The van der Waals surface area contributed by atoms with Gasteiger partial charge in [0, 0.05) is 18.2 Å². The molecule has 7 nitrogen and oxygen atoms in total. The Morgan fingerprint density at radius 1 is 1.16 bits per heavy atom. The minimum Gasteiger partial charge on any atom is -0.481 e. The van der Waals surface area contributed by atoms with Crippen molar-refractivity contribution in [2.75, 3.05) is 10.6 Å². The van der Waals surface area contributed by atoms with E-state index in [-0.39, 0.29) is 17.9 Å². The zero-order valence-corrected chi connectivity index (χ0v) is 14.7. The largest absolute Gasteiger partial charge is 0.481 e. The molecule has 1 aliphatic carbocycles. The molecule has 0 heterocycles. The first kappa shape index (κ1) is 19.1. The second-order valence-corrected chi connectivity index (χ2v) is 6.49. The standard InChI is InChI=1S/C17H22ClN3O4/c1-2-15(22)19-12-7-8-13(18)14(9-12)21-17(25)20-11-5-3-10(4-6-11)16(23)24/h7-11H,2-6H2,1H3,(H,19,22)(H,23,24)(H2,20,21,25). The zero-order valence-electron chi connectivity index (χ0n) is 14.0. The van der Waals surface area contributed by atoms with Crippen LogP contribution in [0.3, 0.4) is 0 Å². The van der Waals surface area contributed by atoms with Gasteiger partial charge in [-0.05, 0) is 43.9 Å². The maximum atomic E-state index is 12.2. The highest BCUT2D eigenvalue weighted by Gasteiger charge is 2.26. The van der Waals surface area contributed by atoms with Gasteiger partial charge >= 0.3 is 12.0 Å². The fourth-order valence-corrected chi connectivity index (χ4v) is 2.94. The SMILES string of the molecule is CCC(=O)Nc1ccc(Cl)c(NC(=O)NC2CCC(C(=O)O)CC2)c1. The van der Waals surface area contributed by atoms with E-state index in [1.807, 2.05) is 0 Å². The Labute approximate surface area is 151 Å². The van der Waals surface area contributed by atoms with E-state index in [1.54, 1.807) is 25.1 Å². The molecule has 0 aliphatic heterocycles. The monoisotopic (exact) mass is 367 g/mol. The van der Waals surface area contributed by atoms with Gasteiger partial charge in [0.2, 0.25) is 5.91 Å². The van der Waals surface area contributed by atoms with Crippen molar-refractivity contribution in [1.29, 1.82) is 0 Å². The molecule has 136 valence electrons. The molecule has 0 radical (unpaired) electrons. The van der Waals surface area contributed by atoms with Gasteiger partial charge in [0.25, 0.3) is 0 Å². The quantitative estimate of drug-likeness (QED) is 0.639. The zero-order chi connectivity index (χ0) is 18.4. The summed E-state index contributed by atoms with van der Waals surface area (Å²) in [5, 5.41) is 17.6. The Morgan fingerprint density at radius 2 is 1.84 bits per heavy atom. The van der Waals surface area contributed by atoms with E-state index in [9.17, 15) is 14.4 Å². The lowest BCUT2D eigenvalue weighted by Gasteiger charge is -2.26. The molecule has 3 amide bonds. The van der Waals surface area contributed by atoms with Gasteiger partial charge < -0.3 is 21.1 Å². The van der Waals surface area contributed by atoms with E-state index >= 15 is 0 Å². The summed E-state index contributed by atoms with van der Waals surface area (Å²) in [5.41, 5.74) is 0.945. The minimum atomic E-state index is -0.777. The fraction of sp³-hybridized carbons (Fsp3) is 0.471. The third-order valence-electron chi connectivity index (χ3n) is 4.23. The van der Waals surface area contributed by atoms with Crippen LogP contribution in [-0.2, 0) is 9.59 Å². The van der Waals surface area contributed by atoms with Gasteiger partial charge in [-0.25, -0.2) is 4.79 Å². The molecule has 0 aromatic heterocycles. The van der Waals surface area contributed by atoms with Gasteiger partial charge in [-0.3, -0.25) is 9.59 Å². The summed E-state index contributed by atoms with van der Waals surface area (Å²) in [6, 6.07) is 4.39. The normalized spacial score (nSPS) is 19.8. The van der Waals surface area contributed by atoms with Crippen molar-refractivity contribution in [2.24, 2.45) is 5.92 Å². The third-order valence-corrected chi connectivity index (χ3v) is 4.56. The molecular weight excluding hydrogens is 346 g/mol. The predicted molar refractivity (Wildman–Crippen MR) is 95.9 cm³/mol. The lowest BCUT2D eigenvalue weighted by atomic mass is 9.86. The number of carboxylic acid groups (broad SMARTS) is 1. The molecule has 8 heteroatoms. The molecule has 0 saturated heterocycles. The second-order valence-electron chi connectivity index (χ2n) is 6.08. The Bertz CT molecular complexity index is 657. The van der Waals surface area contributed by atoms with E-state index in [0.29, 0.717) is 48.5 Å².